The first kappa shape index (κ1) is 20.2. The number of methoxy groups -OCH3 is 1. The van der Waals surface area contributed by atoms with Crippen molar-refractivity contribution in [3.63, 3.8) is 0 Å². The minimum absolute atomic E-state index is 0.0207. The summed E-state index contributed by atoms with van der Waals surface area (Å²) in [7, 11) is 1.56. The van der Waals surface area contributed by atoms with E-state index in [1.807, 2.05) is 6.07 Å². The zero-order chi connectivity index (χ0) is 19.8. The van der Waals surface area contributed by atoms with Crippen LogP contribution in [0.15, 0.2) is 40.3 Å². The quantitative estimate of drug-likeness (QED) is 0.242. The van der Waals surface area contributed by atoms with Crippen molar-refractivity contribution in [3.05, 3.63) is 56.8 Å². The Morgan fingerprint density at radius 2 is 2.22 bits per heavy atom. The van der Waals surface area contributed by atoms with E-state index in [4.69, 9.17) is 20.8 Å². The molecular weight excluding hydrogens is 374 g/mol. The highest BCUT2D eigenvalue weighted by Gasteiger charge is 2.15. The van der Waals surface area contributed by atoms with Crippen LogP contribution in [0.5, 0.6) is 0 Å². The molecule has 140 valence electrons. The number of nitrogens with one attached hydrogen (secondary N) is 1. The number of carbonyl (C=O) groups excluding carboxylic acids is 1. The predicted molar refractivity (Wildman–Crippen MR) is 98.9 cm³/mol. The van der Waals surface area contributed by atoms with Gasteiger partial charge in [-0.05, 0) is 30.7 Å². The molecule has 2 aromatic rings. The molecule has 0 unspecified atom stereocenters. The topological polar surface area (TPSA) is 118 Å². The van der Waals surface area contributed by atoms with E-state index in [2.05, 4.69) is 5.32 Å². The smallest absolute Gasteiger partial charge is 0.288 e. The number of hydrogen-bond donors (Lipinski definition) is 1. The summed E-state index contributed by atoms with van der Waals surface area (Å²) in [5, 5.41) is 22.8. The molecule has 1 aromatic heterocycles. The van der Waals surface area contributed by atoms with Crippen LogP contribution in [0, 0.1) is 21.4 Å². The fourth-order valence-corrected chi connectivity index (χ4v) is 2.38. The van der Waals surface area contributed by atoms with Gasteiger partial charge in [0.15, 0.2) is 0 Å². The molecule has 0 aliphatic rings. The van der Waals surface area contributed by atoms with Crippen LogP contribution in [0.1, 0.15) is 12.2 Å². The number of nitrogens with zero attached hydrogens (tertiary/aromatic N) is 2. The van der Waals surface area contributed by atoms with Gasteiger partial charge in [-0.3, -0.25) is 14.9 Å². The molecule has 1 aromatic carbocycles. The molecular formula is C18H16ClN3O5. The lowest BCUT2D eigenvalue weighted by molar-refractivity contribution is -0.384. The van der Waals surface area contributed by atoms with Crippen molar-refractivity contribution in [1.82, 2.24) is 5.32 Å². The summed E-state index contributed by atoms with van der Waals surface area (Å²) in [5.41, 5.74) is 0.0967. The Bertz CT molecular complexity index is 914. The van der Waals surface area contributed by atoms with Crippen molar-refractivity contribution in [3.8, 4) is 17.4 Å². The predicted octanol–water partition coefficient (Wildman–Crippen LogP) is 3.57. The van der Waals surface area contributed by atoms with Gasteiger partial charge in [0, 0.05) is 38.0 Å². The molecule has 0 saturated carbocycles. The van der Waals surface area contributed by atoms with Gasteiger partial charge in [0.2, 0.25) is 0 Å². The summed E-state index contributed by atoms with van der Waals surface area (Å²) >= 11 is 5.80. The zero-order valence-corrected chi connectivity index (χ0v) is 15.2. The summed E-state index contributed by atoms with van der Waals surface area (Å²) in [6.07, 6.45) is 1.93. The number of furan rings is 1. The molecule has 0 saturated heterocycles. The average molecular weight is 390 g/mol. The summed E-state index contributed by atoms with van der Waals surface area (Å²) in [5.74, 6) is 0.0960. The zero-order valence-electron chi connectivity index (χ0n) is 14.4. The summed E-state index contributed by atoms with van der Waals surface area (Å²) in [6.45, 7) is 0.879. The lowest BCUT2D eigenvalue weighted by atomic mass is 10.1. The molecule has 0 radical (unpaired) electrons. The lowest BCUT2D eigenvalue weighted by Gasteiger charge is -2.03. The average Bonchev–Trinajstić information content (AvgIpc) is 3.12. The molecule has 0 bridgehead atoms. The van der Waals surface area contributed by atoms with E-state index in [0.717, 1.165) is 0 Å². The van der Waals surface area contributed by atoms with Crippen LogP contribution in [0.4, 0.5) is 5.69 Å². The van der Waals surface area contributed by atoms with Gasteiger partial charge in [-0.15, -0.1) is 0 Å². The second-order valence-corrected chi connectivity index (χ2v) is 5.80. The fraction of sp³-hybridized carbons (Fsp3) is 0.222. The lowest BCUT2D eigenvalue weighted by Crippen LogP contribution is -2.26. The summed E-state index contributed by atoms with van der Waals surface area (Å²) in [6, 6.07) is 9.25. The third-order valence-electron chi connectivity index (χ3n) is 3.52. The van der Waals surface area contributed by atoms with Gasteiger partial charge in [0.05, 0.1) is 4.92 Å². The molecule has 0 aliphatic carbocycles. The van der Waals surface area contributed by atoms with Crippen molar-refractivity contribution < 1.29 is 18.9 Å². The van der Waals surface area contributed by atoms with Crippen LogP contribution in [-0.4, -0.2) is 31.1 Å². The van der Waals surface area contributed by atoms with Crippen molar-refractivity contribution >= 4 is 29.3 Å². The maximum atomic E-state index is 12.0. The number of amides is 1. The summed E-state index contributed by atoms with van der Waals surface area (Å²) < 4.78 is 10.5. The maximum absolute atomic E-state index is 12.0. The molecule has 9 heteroatoms. The highest BCUT2D eigenvalue weighted by molar-refractivity contribution is 6.32. The molecule has 0 spiro atoms. The van der Waals surface area contributed by atoms with E-state index in [1.165, 1.54) is 18.2 Å². The molecule has 0 fully saturated rings. The Labute approximate surface area is 160 Å². The highest BCUT2D eigenvalue weighted by atomic mass is 35.5. The van der Waals surface area contributed by atoms with Gasteiger partial charge >= 0.3 is 0 Å². The molecule has 1 amide bonds. The normalized spacial score (nSPS) is 11.1. The van der Waals surface area contributed by atoms with Gasteiger partial charge in [-0.2, -0.15) is 5.26 Å². The monoisotopic (exact) mass is 389 g/mol. The number of nitriles is 1. The van der Waals surface area contributed by atoms with Crippen molar-refractivity contribution in [2.45, 2.75) is 6.42 Å². The van der Waals surface area contributed by atoms with Gasteiger partial charge in [0.1, 0.15) is 28.2 Å². The third kappa shape index (κ3) is 5.41. The number of benzene rings is 1. The molecule has 0 aliphatic heterocycles. The van der Waals surface area contributed by atoms with Crippen LogP contribution in [0.25, 0.3) is 17.4 Å². The van der Waals surface area contributed by atoms with Crippen LogP contribution >= 0.6 is 11.6 Å². The minimum Gasteiger partial charge on any atom is -0.457 e. The SMILES string of the molecule is COCCCNC(=O)C(C#N)=Cc1ccc(-c2ccc(Cl)c([N+](=O)[O-])c2)o1. The first-order chi connectivity index (χ1) is 13.0. The van der Waals surface area contributed by atoms with E-state index in [-0.39, 0.29) is 22.0 Å². The number of nitro groups is 1. The second kappa shape index (κ2) is 9.52. The van der Waals surface area contributed by atoms with Crippen molar-refractivity contribution in [1.29, 1.82) is 5.26 Å². The number of nitro benzene ring substituents is 1. The Balaban J connectivity index is 2.18. The Morgan fingerprint density at radius 1 is 1.44 bits per heavy atom. The van der Waals surface area contributed by atoms with Crippen LogP contribution in [0.3, 0.4) is 0 Å². The first-order valence-electron chi connectivity index (χ1n) is 7.89. The Kier molecular flexibility index (Phi) is 7.11. The van der Waals surface area contributed by atoms with Crippen LogP contribution in [-0.2, 0) is 9.53 Å². The summed E-state index contributed by atoms with van der Waals surface area (Å²) in [4.78, 5) is 22.4. The van der Waals surface area contributed by atoms with E-state index < -0.39 is 10.8 Å². The number of ether oxygens (including phenoxy) is 1. The van der Waals surface area contributed by atoms with Gasteiger partial charge in [-0.1, -0.05) is 11.6 Å². The molecule has 1 heterocycles. The molecule has 8 nitrogen and oxygen atoms in total. The van der Waals surface area contributed by atoms with Gasteiger partial charge in [-0.25, -0.2) is 0 Å². The molecule has 1 N–H and O–H groups in total. The van der Waals surface area contributed by atoms with E-state index in [9.17, 15) is 20.2 Å². The van der Waals surface area contributed by atoms with Crippen molar-refractivity contribution in [2.24, 2.45) is 0 Å². The Hall–Kier alpha value is -3.15. The second-order valence-electron chi connectivity index (χ2n) is 5.40. The highest BCUT2D eigenvalue weighted by Crippen LogP contribution is 2.31. The fourth-order valence-electron chi connectivity index (χ4n) is 2.20. The molecule has 2 rings (SSSR count). The number of hydrogen-bond acceptors (Lipinski definition) is 6. The van der Waals surface area contributed by atoms with Crippen molar-refractivity contribution in [2.75, 3.05) is 20.3 Å². The number of rotatable bonds is 8. The van der Waals surface area contributed by atoms with E-state index >= 15 is 0 Å². The van der Waals surface area contributed by atoms with E-state index in [0.29, 0.717) is 30.9 Å². The van der Waals surface area contributed by atoms with Gasteiger partial charge < -0.3 is 14.5 Å². The third-order valence-corrected chi connectivity index (χ3v) is 3.84. The largest absolute Gasteiger partial charge is 0.457 e. The van der Waals surface area contributed by atoms with Crippen LogP contribution < -0.4 is 5.32 Å². The number of carbonyl (C=O) groups is 1. The number of halogens is 1. The maximum Gasteiger partial charge on any atom is 0.288 e. The standard InChI is InChI=1S/C18H16ClN3O5/c1-26-8-2-7-21-18(23)13(11-20)9-14-4-6-17(27-14)12-3-5-15(19)16(10-12)22(24)25/h3-6,9-10H,2,7-8H2,1H3,(H,21,23). The minimum atomic E-state index is -0.586. The van der Waals surface area contributed by atoms with E-state index in [1.54, 1.807) is 25.3 Å². The van der Waals surface area contributed by atoms with Crippen LogP contribution in [0.2, 0.25) is 5.02 Å². The molecule has 0 atom stereocenters. The van der Waals surface area contributed by atoms with Gasteiger partial charge in [0.25, 0.3) is 11.6 Å². The Morgan fingerprint density at radius 3 is 2.89 bits per heavy atom. The first-order valence-corrected chi connectivity index (χ1v) is 8.27. The molecule has 27 heavy (non-hydrogen) atoms.